The number of carbonyl (C=O) groups excluding carboxylic acids is 1. The minimum atomic E-state index is -1.29. The van der Waals surface area contributed by atoms with Crippen molar-refractivity contribution < 1.29 is 19.4 Å². The van der Waals surface area contributed by atoms with Crippen LogP contribution in [0.3, 0.4) is 0 Å². The number of fused-ring (bicyclic) bond motifs is 1. The van der Waals surface area contributed by atoms with Crippen LogP contribution in [-0.2, 0) is 11.8 Å². The molecule has 3 aromatic rings. The van der Waals surface area contributed by atoms with E-state index in [0.29, 0.717) is 22.0 Å². The summed E-state index contributed by atoms with van der Waals surface area (Å²) in [4.78, 5) is 47.0. The van der Waals surface area contributed by atoms with E-state index in [-0.39, 0.29) is 11.1 Å². The highest BCUT2D eigenvalue weighted by Gasteiger charge is 2.23. The number of ether oxygens (including phenoxy) is 1. The Morgan fingerprint density at radius 3 is 2.62 bits per heavy atom. The molecule has 0 saturated heterocycles. The van der Waals surface area contributed by atoms with E-state index in [9.17, 15) is 19.3 Å². The number of rotatable bonds is 6. The third-order valence-electron chi connectivity index (χ3n) is 4.12. The van der Waals surface area contributed by atoms with E-state index in [4.69, 9.17) is 21.4 Å². The third-order valence-corrected chi connectivity index (χ3v) is 4.44. The molecular weight excluding hydrogens is 402 g/mol. The highest BCUT2D eigenvalue weighted by atomic mass is 35.5. The molecule has 0 unspecified atom stereocenters. The molecule has 10 heteroatoms. The van der Waals surface area contributed by atoms with Gasteiger partial charge in [0.15, 0.2) is 0 Å². The van der Waals surface area contributed by atoms with E-state index >= 15 is 0 Å². The molecule has 0 aliphatic heterocycles. The van der Waals surface area contributed by atoms with E-state index in [2.05, 4.69) is 10.5 Å². The minimum Gasteiger partial charge on any atom is -0.480 e. The molecular formula is C19H14ClN3O6. The molecule has 0 saturated carbocycles. The summed E-state index contributed by atoms with van der Waals surface area (Å²) in [5.74, 6) is -1.55. The number of nitrogens with one attached hydrogen (secondary N) is 1. The SMILES string of the molecule is Cn1c(=O)c(C(=O)NCC(=O)O)c(N=O)c2ccc(Oc3ccccc3Cl)cc21. The lowest BCUT2D eigenvalue weighted by molar-refractivity contribution is -0.135. The van der Waals surface area contributed by atoms with Gasteiger partial charge < -0.3 is 19.7 Å². The van der Waals surface area contributed by atoms with Crippen LogP contribution in [0.4, 0.5) is 5.69 Å². The molecule has 1 amide bonds. The first-order valence-corrected chi connectivity index (χ1v) is 8.63. The van der Waals surface area contributed by atoms with Crippen LogP contribution in [0.15, 0.2) is 52.4 Å². The maximum Gasteiger partial charge on any atom is 0.322 e. The lowest BCUT2D eigenvalue weighted by atomic mass is 10.1. The lowest BCUT2D eigenvalue weighted by Gasteiger charge is -2.13. The van der Waals surface area contributed by atoms with E-state index in [1.165, 1.54) is 25.2 Å². The lowest BCUT2D eigenvalue weighted by Crippen LogP contribution is -2.35. The molecule has 9 nitrogen and oxygen atoms in total. The molecule has 0 aliphatic rings. The first kappa shape index (κ1) is 20.0. The Bertz CT molecular complexity index is 1200. The van der Waals surface area contributed by atoms with Crippen molar-refractivity contribution in [2.75, 3.05) is 6.54 Å². The van der Waals surface area contributed by atoms with Gasteiger partial charge in [-0.05, 0) is 29.4 Å². The van der Waals surface area contributed by atoms with Crippen molar-refractivity contribution >= 4 is 40.1 Å². The fraction of sp³-hybridized carbons (Fsp3) is 0.105. The van der Waals surface area contributed by atoms with Crippen molar-refractivity contribution in [3.63, 3.8) is 0 Å². The smallest absolute Gasteiger partial charge is 0.322 e. The number of aliphatic carboxylic acids is 1. The zero-order valence-corrected chi connectivity index (χ0v) is 15.8. The molecule has 1 heterocycles. The van der Waals surface area contributed by atoms with Crippen molar-refractivity contribution in [1.29, 1.82) is 0 Å². The summed E-state index contributed by atoms with van der Waals surface area (Å²) in [6, 6.07) is 11.3. The minimum absolute atomic E-state index is 0.231. The van der Waals surface area contributed by atoms with Gasteiger partial charge in [0.05, 0.1) is 10.5 Å². The van der Waals surface area contributed by atoms with Gasteiger partial charge in [-0.3, -0.25) is 14.4 Å². The molecule has 29 heavy (non-hydrogen) atoms. The number of carboxylic acids is 1. The van der Waals surface area contributed by atoms with Crippen molar-refractivity contribution in [2.45, 2.75) is 0 Å². The summed E-state index contributed by atoms with van der Waals surface area (Å²) in [6.45, 7) is -0.705. The van der Waals surface area contributed by atoms with Gasteiger partial charge in [0.2, 0.25) is 0 Å². The summed E-state index contributed by atoms with van der Waals surface area (Å²) in [5, 5.41) is 14.2. The Morgan fingerprint density at radius 2 is 1.97 bits per heavy atom. The Morgan fingerprint density at radius 1 is 1.24 bits per heavy atom. The summed E-state index contributed by atoms with van der Waals surface area (Å²) in [7, 11) is 1.41. The van der Waals surface area contributed by atoms with Crippen molar-refractivity contribution in [3.8, 4) is 11.5 Å². The second-order valence-electron chi connectivity index (χ2n) is 5.97. The predicted molar refractivity (Wildman–Crippen MR) is 106 cm³/mol. The van der Waals surface area contributed by atoms with Gasteiger partial charge in [0.1, 0.15) is 29.3 Å². The number of aromatic nitrogens is 1. The number of pyridine rings is 1. The fourth-order valence-electron chi connectivity index (χ4n) is 2.76. The molecule has 2 N–H and O–H groups in total. The molecule has 0 bridgehead atoms. The number of amides is 1. The van der Waals surface area contributed by atoms with E-state index < -0.39 is 29.5 Å². The second kappa shape index (κ2) is 8.11. The number of halogens is 1. The second-order valence-corrected chi connectivity index (χ2v) is 6.37. The highest BCUT2D eigenvalue weighted by molar-refractivity contribution is 6.32. The molecule has 0 fully saturated rings. The maximum atomic E-state index is 12.7. The van der Waals surface area contributed by atoms with Crippen molar-refractivity contribution in [1.82, 2.24) is 9.88 Å². The van der Waals surface area contributed by atoms with Crippen LogP contribution in [-0.4, -0.2) is 28.1 Å². The topological polar surface area (TPSA) is 127 Å². The molecule has 1 aromatic heterocycles. The molecule has 148 valence electrons. The van der Waals surface area contributed by atoms with E-state index in [0.717, 1.165) is 4.57 Å². The number of hydrogen-bond acceptors (Lipinski definition) is 6. The number of para-hydroxylation sites is 1. The zero-order chi connectivity index (χ0) is 21.1. The number of nitrogens with zero attached hydrogens (tertiary/aromatic N) is 2. The van der Waals surface area contributed by atoms with Crippen molar-refractivity contribution in [3.05, 3.63) is 68.3 Å². The average molecular weight is 416 g/mol. The number of hydrogen-bond donors (Lipinski definition) is 2. The van der Waals surface area contributed by atoms with E-state index in [1.807, 2.05) is 0 Å². The Labute approximate surface area is 168 Å². The summed E-state index contributed by atoms with van der Waals surface area (Å²) in [6.07, 6.45) is 0. The molecule has 0 radical (unpaired) electrons. The summed E-state index contributed by atoms with van der Waals surface area (Å²) < 4.78 is 6.88. The van der Waals surface area contributed by atoms with Crippen LogP contribution >= 0.6 is 11.6 Å². The normalized spacial score (nSPS) is 10.6. The molecule has 0 atom stereocenters. The number of benzene rings is 2. The van der Waals surface area contributed by atoms with Gasteiger partial charge in [-0.25, -0.2) is 0 Å². The van der Waals surface area contributed by atoms with Gasteiger partial charge in [-0.2, -0.15) is 0 Å². The van der Waals surface area contributed by atoms with Gasteiger partial charge >= 0.3 is 5.97 Å². The monoisotopic (exact) mass is 415 g/mol. The van der Waals surface area contributed by atoms with Crippen molar-refractivity contribution in [2.24, 2.45) is 12.2 Å². The van der Waals surface area contributed by atoms with Crippen LogP contribution < -0.4 is 15.6 Å². The van der Waals surface area contributed by atoms with Gasteiger partial charge in [0, 0.05) is 18.5 Å². The maximum absolute atomic E-state index is 12.7. The number of carbonyl (C=O) groups is 2. The zero-order valence-electron chi connectivity index (χ0n) is 15.0. The first-order chi connectivity index (χ1) is 13.8. The quantitative estimate of drug-likeness (QED) is 0.595. The largest absolute Gasteiger partial charge is 0.480 e. The number of nitroso groups, excluding NO2 is 1. The van der Waals surface area contributed by atoms with Gasteiger partial charge in [-0.15, -0.1) is 4.91 Å². The average Bonchev–Trinajstić information content (AvgIpc) is 2.70. The molecule has 0 aliphatic carbocycles. The predicted octanol–water partition coefficient (Wildman–Crippen LogP) is 3.20. The highest BCUT2D eigenvalue weighted by Crippen LogP contribution is 2.33. The Kier molecular flexibility index (Phi) is 5.60. The van der Waals surface area contributed by atoms with Gasteiger partial charge in [-0.1, -0.05) is 23.7 Å². The molecule has 0 spiro atoms. The summed E-state index contributed by atoms with van der Waals surface area (Å²) >= 11 is 6.08. The number of aryl methyl sites for hydroxylation is 1. The van der Waals surface area contributed by atoms with Crippen LogP contribution in [0.2, 0.25) is 5.02 Å². The third kappa shape index (κ3) is 3.94. The fourth-order valence-corrected chi connectivity index (χ4v) is 2.94. The van der Waals surface area contributed by atoms with Crippen LogP contribution in [0.5, 0.6) is 11.5 Å². The number of carboxylic acid groups (broad SMARTS) is 1. The molecule has 3 rings (SSSR count). The van der Waals surface area contributed by atoms with Crippen LogP contribution in [0.1, 0.15) is 10.4 Å². The van der Waals surface area contributed by atoms with Crippen LogP contribution in [0, 0.1) is 4.91 Å². The Balaban J connectivity index is 2.12. The molecule has 2 aromatic carbocycles. The standard InChI is InChI=1S/C19H14ClN3O6/c1-23-13-8-10(29-14-5-3-2-4-12(14)20)6-7-11(13)17(22-28)16(19(23)27)18(26)21-9-15(24)25/h2-8H,9H2,1H3,(H,21,26)(H,24,25). The summed E-state index contributed by atoms with van der Waals surface area (Å²) in [5.41, 5.74) is -1.42. The van der Waals surface area contributed by atoms with Crippen LogP contribution in [0.25, 0.3) is 10.9 Å². The van der Waals surface area contributed by atoms with E-state index in [1.54, 1.807) is 24.3 Å². The first-order valence-electron chi connectivity index (χ1n) is 8.26. The Hall–Kier alpha value is -3.72. The van der Waals surface area contributed by atoms with Gasteiger partial charge in [0.25, 0.3) is 11.5 Å².